The van der Waals surface area contributed by atoms with Crippen LogP contribution in [0.25, 0.3) is 0 Å². The zero-order valence-corrected chi connectivity index (χ0v) is 11.0. The number of aromatic nitrogens is 1. The molecule has 1 fully saturated rings. The molecule has 0 amide bonds. The Hall–Kier alpha value is -0.610. The van der Waals surface area contributed by atoms with E-state index in [1.165, 1.54) is 32.4 Å². The van der Waals surface area contributed by atoms with Crippen LogP contribution in [-0.2, 0) is 0 Å². The summed E-state index contributed by atoms with van der Waals surface area (Å²) in [6, 6.07) is 2.06. The third kappa shape index (κ3) is 3.76. The topological polar surface area (TPSA) is 28.2 Å². The number of hydrogen-bond acceptors (Lipinski definition) is 3. The van der Waals surface area contributed by atoms with Gasteiger partial charge in [-0.25, -0.2) is 0 Å². The van der Waals surface area contributed by atoms with Gasteiger partial charge in [-0.05, 0) is 47.9 Å². The average molecular weight is 284 g/mol. The third-order valence-electron chi connectivity index (χ3n) is 2.91. The van der Waals surface area contributed by atoms with E-state index in [1.807, 2.05) is 6.20 Å². The lowest BCUT2D eigenvalue weighted by Crippen LogP contribution is -2.33. The molecule has 2 rings (SSSR count). The minimum Gasteiger partial charge on any atom is -0.382 e. The van der Waals surface area contributed by atoms with E-state index in [2.05, 4.69) is 37.2 Å². The maximum absolute atomic E-state index is 4.13. The molecule has 0 atom stereocenters. The van der Waals surface area contributed by atoms with E-state index in [1.54, 1.807) is 6.20 Å². The molecule has 0 saturated carbocycles. The van der Waals surface area contributed by atoms with Crippen LogP contribution in [0.15, 0.2) is 22.9 Å². The zero-order valence-electron chi connectivity index (χ0n) is 9.45. The van der Waals surface area contributed by atoms with Gasteiger partial charge in [0.05, 0.1) is 11.9 Å². The van der Waals surface area contributed by atoms with Crippen molar-refractivity contribution in [3.63, 3.8) is 0 Å². The Morgan fingerprint density at radius 2 is 2.06 bits per heavy atom. The van der Waals surface area contributed by atoms with Crippen molar-refractivity contribution in [2.45, 2.75) is 19.3 Å². The fourth-order valence-corrected chi connectivity index (χ4v) is 2.41. The van der Waals surface area contributed by atoms with Crippen molar-refractivity contribution in [3.8, 4) is 0 Å². The van der Waals surface area contributed by atoms with Crippen LogP contribution in [0.2, 0.25) is 0 Å². The molecule has 1 saturated heterocycles. The second kappa shape index (κ2) is 6.21. The van der Waals surface area contributed by atoms with Gasteiger partial charge >= 0.3 is 0 Å². The summed E-state index contributed by atoms with van der Waals surface area (Å²) in [4.78, 5) is 6.66. The average Bonchev–Trinajstić information content (AvgIpc) is 2.30. The molecule has 1 aliphatic rings. The first-order valence-electron chi connectivity index (χ1n) is 5.91. The predicted molar refractivity (Wildman–Crippen MR) is 70.7 cm³/mol. The van der Waals surface area contributed by atoms with Gasteiger partial charge in [-0.15, -0.1) is 0 Å². The maximum Gasteiger partial charge on any atom is 0.0538 e. The number of nitrogens with one attached hydrogen (secondary N) is 1. The first-order valence-corrected chi connectivity index (χ1v) is 6.71. The molecule has 88 valence electrons. The van der Waals surface area contributed by atoms with Crippen LogP contribution in [-0.4, -0.2) is 36.1 Å². The van der Waals surface area contributed by atoms with E-state index in [4.69, 9.17) is 0 Å². The molecule has 1 aromatic heterocycles. The molecule has 0 unspecified atom stereocenters. The molecule has 1 aliphatic heterocycles. The van der Waals surface area contributed by atoms with Crippen LogP contribution in [0, 0.1) is 0 Å². The van der Waals surface area contributed by atoms with Gasteiger partial charge < -0.3 is 10.2 Å². The molecule has 2 heterocycles. The summed E-state index contributed by atoms with van der Waals surface area (Å²) in [5.74, 6) is 0. The smallest absolute Gasteiger partial charge is 0.0538 e. The van der Waals surface area contributed by atoms with Crippen LogP contribution >= 0.6 is 15.9 Å². The van der Waals surface area contributed by atoms with Crippen LogP contribution in [0.3, 0.4) is 0 Å². The minimum absolute atomic E-state index is 0.998. The summed E-state index contributed by atoms with van der Waals surface area (Å²) in [6.45, 7) is 4.65. The van der Waals surface area contributed by atoms with Crippen molar-refractivity contribution in [2.24, 2.45) is 0 Å². The number of halogens is 1. The predicted octanol–water partition coefficient (Wildman–Crippen LogP) is 2.74. The number of hydrogen-bond donors (Lipinski definition) is 1. The minimum atomic E-state index is 0.998. The van der Waals surface area contributed by atoms with Gasteiger partial charge in [0.25, 0.3) is 0 Å². The highest BCUT2D eigenvalue weighted by molar-refractivity contribution is 9.10. The maximum atomic E-state index is 4.13. The number of anilines is 1. The number of nitrogens with zero attached hydrogens (tertiary/aromatic N) is 2. The lowest BCUT2D eigenvalue weighted by Gasteiger charge is -2.26. The van der Waals surface area contributed by atoms with Gasteiger partial charge in [0, 0.05) is 23.8 Å². The highest BCUT2D eigenvalue weighted by Gasteiger charge is 2.08. The molecule has 3 nitrogen and oxygen atoms in total. The number of piperidine rings is 1. The first-order chi connectivity index (χ1) is 7.84. The van der Waals surface area contributed by atoms with Gasteiger partial charge in [0.1, 0.15) is 0 Å². The van der Waals surface area contributed by atoms with Gasteiger partial charge in [0.2, 0.25) is 0 Å². The van der Waals surface area contributed by atoms with Crippen LogP contribution in [0.1, 0.15) is 19.3 Å². The SMILES string of the molecule is Brc1cncc(NCCN2CCCCC2)c1. The van der Waals surface area contributed by atoms with Gasteiger partial charge in [-0.3, -0.25) is 4.98 Å². The highest BCUT2D eigenvalue weighted by Crippen LogP contribution is 2.13. The highest BCUT2D eigenvalue weighted by atomic mass is 79.9. The Bertz CT molecular complexity index is 324. The molecular formula is C12H18BrN3. The zero-order chi connectivity index (χ0) is 11.2. The molecular weight excluding hydrogens is 266 g/mol. The lowest BCUT2D eigenvalue weighted by molar-refractivity contribution is 0.237. The Morgan fingerprint density at radius 3 is 2.81 bits per heavy atom. The Morgan fingerprint density at radius 1 is 1.25 bits per heavy atom. The molecule has 16 heavy (non-hydrogen) atoms. The third-order valence-corrected chi connectivity index (χ3v) is 3.34. The van der Waals surface area contributed by atoms with E-state index in [0.717, 1.165) is 23.2 Å². The van der Waals surface area contributed by atoms with Crippen LogP contribution in [0.4, 0.5) is 5.69 Å². The number of rotatable bonds is 4. The summed E-state index contributed by atoms with van der Waals surface area (Å²) in [5, 5.41) is 3.40. The number of likely N-dealkylation sites (tertiary alicyclic amines) is 1. The molecule has 0 radical (unpaired) electrons. The quantitative estimate of drug-likeness (QED) is 0.921. The number of pyridine rings is 1. The van der Waals surface area contributed by atoms with Crippen LogP contribution < -0.4 is 5.32 Å². The molecule has 1 N–H and O–H groups in total. The molecule has 0 spiro atoms. The lowest BCUT2D eigenvalue weighted by atomic mass is 10.1. The summed E-state index contributed by atoms with van der Waals surface area (Å²) >= 11 is 3.42. The summed E-state index contributed by atoms with van der Waals surface area (Å²) in [5.41, 5.74) is 1.09. The van der Waals surface area contributed by atoms with Gasteiger partial charge in [0.15, 0.2) is 0 Å². The van der Waals surface area contributed by atoms with E-state index >= 15 is 0 Å². The fourth-order valence-electron chi connectivity index (χ4n) is 2.05. The van der Waals surface area contributed by atoms with Crippen molar-refractivity contribution >= 4 is 21.6 Å². The summed E-state index contributed by atoms with van der Waals surface area (Å²) in [7, 11) is 0. The van der Waals surface area contributed by atoms with Crippen molar-refractivity contribution in [1.82, 2.24) is 9.88 Å². The second-order valence-electron chi connectivity index (χ2n) is 4.22. The second-order valence-corrected chi connectivity index (χ2v) is 5.14. The van der Waals surface area contributed by atoms with E-state index in [-0.39, 0.29) is 0 Å². The molecule has 0 aliphatic carbocycles. The van der Waals surface area contributed by atoms with E-state index in [0.29, 0.717) is 0 Å². The van der Waals surface area contributed by atoms with Crippen molar-refractivity contribution < 1.29 is 0 Å². The molecule has 0 bridgehead atoms. The fraction of sp³-hybridized carbons (Fsp3) is 0.583. The van der Waals surface area contributed by atoms with Crippen molar-refractivity contribution in [2.75, 3.05) is 31.5 Å². The van der Waals surface area contributed by atoms with E-state index < -0.39 is 0 Å². The van der Waals surface area contributed by atoms with E-state index in [9.17, 15) is 0 Å². The Kier molecular flexibility index (Phi) is 4.60. The molecule has 1 aromatic rings. The van der Waals surface area contributed by atoms with Gasteiger partial charge in [-0.2, -0.15) is 0 Å². The monoisotopic (exact) mass is 283 g/mol. The Balaban J connectivity index is 1.71. The summed E-state index contributed by atoms with van der Waals surface area (Å²) in [6.07, 6.45) is 7.78. The first kappa shape index (κ1) is 11.9. The van der Waals surface area contributed by atoms with Gasteiger partial charge in [-0.1, -0.05) is 6.42 Å². The normalized spacial score (nSPS) is 17.3. The molecule has 4 heteroatoms. The van der Waals surface area contributed by atoms with Crippen molar-refractivity contribution in [3.05, 3.63) is 22.9 Å². The van der Waals surface area contributed by atoms with Crippen molar-refractivity contribution in [1.29, 1.82) is 0 Å². The van der Waals surface area contributed by atoms with Crippen LogP contribution in [0.5, 0.6) is 0 Å². The molecule has 0 aromatic carbocycles. The largest absolute Gasteiger partial charge is 0.382 e. The Labute approximate surface area is 105 Å². The standard InChI is InChI=1S/C12H18BrN3/c13-11-8-12(10-14-9-11)15-4-7-16-5-2-1-3-6-16/h8-10,15H,1-7H2. The summed E-state index contributed by atoms with van der Waals surface area (Å²) < 4.78 is 1.02.